The molecule has 0 heterocycles. The number of hydrogen-bond acceptors (Lipinski definition) is 2. The van der Waals surface area contributed by atoms with Gasteiger partial charge in [-0.2, -0.15) is 0 Å². The van der Waals surface area contributed by atoms with Crippen LogP contribution in [0.4, 0.5) is 10.1 Å². The zero-order chi connectivity index (χ0) is 12.4. The Hall–Kier alpha value is -0.520. The first-order valence-corrected chi connectivity index (χ1v) is 7.07. The molecular weight excluding hydrogens is 332 g/mol. The van der Waals surface area contributed by atoms with Crippen LogP contribution in [-0.4, -0.2) is 6.10 Å². The van der Waals surface area contributed by atoms with E-state index in [9.17, 15) is 4.39 Å². The second kappa shape index (κ2) is 5.42. The van der Waals surface area contributed by atoms with Gasteiger partial charge >= 0.3 is 0 Å². The van der Waals surface area contributed by atoms with E-state index >= 15 is 0 Å². The second-order valence-electron chi connectivity index (χ2n) is 4.72. The molecule has 0 amide bonds. The van der Waals surface area contributed by atoms with Crippen LogP contribution in [0.1, 0.15) is 32.6 Å². The average Bonchev–Trinajstić information content (AvgIpc) is 2.29. The molecule has 0 radical (unpaired) electrons. The van der Waals surface area contributed by atoms with Gasteiger partial charge in [0.05, 0.1) is 9.26 Å². The number of halogens is 2. The molecule has 94 valence electrons. The van der Waals surface area contributed by atoms with E-state index in [0.717, 1.165) is 6.42 Å². The van der Waals surface area contributed by atoms with Crippen molar-refractivity contribution in [2.75, 3.05) is 5.73 Å². The number of benzene rings is 1. The van der Waals surface area contributed by atoms with Crippen LogP contribution in [0.5, 0.6) is 5.75 Å². The molecule has 1 aromatic carbocycles. The summed E-state index contributed by atoms with van der Waals surface area (Å²) in [4.78, 5) is 0. The monoisotopic (exact) mass is 349 g/mol. The highest BCUT2D eigenvalue weighted by molar-refractivity contribution is 14.1. The van der Waals surface area contributed by atoms with Gasteiger partial charge in [-0.3, -0.25) is 0 Å². The van der Waals surface area contributed by atoms with Gasteiger partial charge in [0.15, 0.2) is 0 Å². The molecule has 2 N–H and O–H groups in total. The van der Waals surface area contributed by atoms with Crippen LogP contribution >= 0.6 is 22.6 Å². The van der Waals surface area contributed by atoms with Gasteiger partial charge in [0.2, 0.25) is 0 Å². The molecule has 0 saturated heterocycles. The summed E-state index contributed by atoms with van der Waals surface area (Å²) in [5, 5.41) is 0. The van der Waals surface area contributed by atoms with E-state index in [-0.39, 0.29) is 11.9 Å². The molecule has 1 saturated carbocycles. The van der Waals surface area contributed by atoms with Crippen molar-refractivity contribution in [3.05, 3.63) is 21.5 Å². The first-order chi connectivity index (χ1) is 8.08. The van der Waals surface area contributed by atoms with Gasteiger partial charge in [-0.05, 0) is 53.8 Å². The predicted octanol–water partition coefficient (Wildman–Crippen LogP) is 3.97. The highest BCUT2D eigenvalue weighted by Crippen LogP contribution is 2.32. The molecular formula is C13H17FINO. The van der Waals surface area contributed by atoms with Crippen LogP contribution in [0.25, 0.3) is 0 Å². The third-order valence-corrected chi connectivity index (χ3v) is 4.19. The molecule has 1 fully saturated rings. The highest BCUT2D eigenvalue weighted by Gasteiger charge is 2.23. The third kappa shape index (κ3) is 3.03. The second-order valence-corrected chi connectivity index (χ2v) is 5.88. The van der Waals surface area contributed by atoms with Gasteiger partial charge in [-0.25, -0.2) is 4.39 Å². The van der Waals surface area contributed by atoms with Crippen LogP contribution in [0.2, 0.25) is 0 Å². The lowest BCUT2D eigenvalue weighted by atomic mass is 9.88. The SMILES string of the molecule is CC1CCCCC1Oc1cc(F)c(I)cc1N. The normalized spacial score (nSPS) is 24.6. The molecule has 2 atom stereocenters. The summed E-state index contributed by atoms with van der Waals surface area (Å²) in [5.41, 5.74) is 6.38. The summed E-state index contributed by atoms with van der Waals surface area (Å²) in [7, 11) is 0. The van der Waals surface area contributed by atoms with Gasteiger partial charge in [0.1, 0.15) is 17.7 Å². The number of ether oxygens (including phenoxy) is 1. The molecule has 0 aromatic heterocycles. The topological polar surface area (TPSA) is 35.2 Å². The van der Waals surface area contributed by atoms with E-state index in [0.29, 0.717) is 20.9 Å². The first-order valence-electron chi connectivity index (χ1n) is 5.99. The van der Waals surface area contributed by atoms with Crippen molar-refractivity contribution < 1.29 is 9.13 Å². The van der Waals surface area contributed by atoms with Crippen molar-refractivity contribution in [2.24, 2.45) is 5.92 Å². The Morgan fingerprint density at radius 1 is 1.35 bits per heavy atom. The van der Waals surface area contributed by atoms with E-state index in [1.54, 1.807) is 6.07 Å². The fraction of sp³-hybridized carbons (Fsp3) is 0.538. The largest absolute Gasteiger partial charge is 0.488 e. The van der Waals surface area contributed by atoms with Crippen molar-refractivity contribution >= 4 is 28.3 Å². The van der Waals surface area contributed by atoms with Crippen LogP contribution in [0.3, 0.4) is 0 Å². The predicted molar refractivity (Wildman–Crippen MR) is 75.6 cm³/mol. The van der Waals surface area contributed by atoms with Gasteiger partial charge in [-0.1, -0.05) is 13.3 Å². The van der Waals surface area contributed by atoms with Crippen molar-refractivity contribution in [1.29, 1.82) is 0 Å². The van der Waals surface area contributed by atoms with E-state index in [4.69, 9.17) is 10.5 Å². The highest BCUT2D eigenvalue weighted by atomic mass is 127. The minimum atomic E-state index is -0.265. The Balaban J connectivity index is 2.15. The van der Waals surface area contributed by atoms with Crippen molar-refractivity contribution in [1.82, 2.24) is 0 Å². The minimum Gasteiger partial charge on any atom is -0.488 e. The molecule has 0 bridgehead atoms. The lowest BCUT2D eigenvalue weighted by Crippen LogP contribution is -2.28. The van der Waals surface area contributed by atoms with E-state index in [1.165, 1.54) is 25.3 Å². The molecule has 1 aliphatic rings. The number of rotatable bonds is 2. The molecule has 0 aliphatic heterocycles. The molecule has 2 unspecified atom stereocenters. The number of hydrogen-bond donors (Lipinski definition) is 1. The molecule has 1 aliphatic carbocycles. The molecule has 0 spiro atoms. The van der Waals surface area contributed by atoms with Gasteiger partial charge in [-0.15, -0.1) is 0 Å². The van der Waals surface area contributed by atoms with Gasteiger partial charge in [0, 0.05) is 6.07 Å². The fourth-order valence-corrected chi connectivity index (χ4v) is 2.76. The Bertz CT molecular complexity index is 411. The quantitative estimate of drug-likeness (QED) is 0.648. The Kier molecular flexibility index (Phi) is 4.12. The number of nitrogen functional groups attached to an aromatic ring is 1. The maximum atomic E-state index is 13.5. The minimum absolute atomic E-state index is 0.172. The van der Waals surface area contributed by atoms with Crippen LogP contribution in [-0.2, 0) is 0 Å². The van der Waals surface area contributed by atoms with Crippen LogP contribution in [0.15, 0.2) is 12.1 Å². The first kappa shape index (κ1) is 12.9. The van der Waals surface area contributed by atoms with E-state index in [1.807, 2.05) is 22.6 Å². The summed E-state index contributed by atoms with van der Waals surface area (Å²) in [6.07, 6.45) is 4.83. The lowest BCUT2D eigenvalue weighted by molar-refractivity contribution is 0.103. The van der Waals surface area contributed by atoms with Crippen molar-refractivity contribution in [3.63, 3.8) is 0 Å². The summed E-state index contributed by atoms with van der Waals surface area (Å²) in [6.45, 7) is 2.18. The fourth-order valence-electron chi connectivity index (χ4n) is 2.27. The maximum absolute atomic E-state index is 13.5. The van der Waals surface area contributed by atoms with Crippen LogP contribution in [0, 0.1) is 15.3 Å². The Labute approximate surface area is 115 Å². The average molecular weight is 349 g/mol. The smallest absolute Gasteiger partial charge is 0.145 e. The third-order valence-electron chi connectivity index (χ3n) is 3.36. The van der Waals surface area contributed by atoms with Crippen molar-refractivity contribution in [2.45, 2.75) is 38.7 Å². The summed E-state index contributed by atoms with van der Waals surface area (Å²) in [6, 6.07) is 3.02. The Morgan fingerprint density at radius 2 is 2.06 bits per heavy atom. The van der Waals surface area contributed by atoms with Crippen molar-refractivity contribution in [3.8, 4) is 5.75 Å². The molecule has 17 heavy (non-hydrogen) atoms. The van der Waals surface area contributed by atoms with E-state index < -0.39 is 0 Å². The summed E-state index contributed by atoms with van der Waals surface area (Å²) in [5.74, 6) is 0.741. The molecule has 4 heteroatoms. The number of anilines is 1. The molecule has 1 aromatic rings. The zero-order valence-electron chi connectivity index (χ0n) is 9.88. The van der Waals surface area contributed by atoms with E-state index in [2.05, 4.69) is 6.92 Å². The lowest BCUT2D eigenvalue weighted by Gasteiger charge is -2.29. The summed E-state index contributed by atoms with van der Waals surface area (Å²) >= 11 is 1.93. The molecule has 2 rings (SSSR count). The van der Waals surface area contributed by atoms with Gasteiger partial charge < -0.3 is 10.5 Å². The summed E-state index contributed by atoms with van der Waals surface area (Å²) < 4.78 is 19.9. The Morgan fingerprint density at radius 3 is 2.76 bits per heavy atom. The maximum Gasteiger partial charge on any atom is 0.145 e. The number of nitrogens with two attached hydrogens (primary N) is 1. The zero-order valence-corrected chi connectivity index (χ0v) is 12.0. The van der Waals surface area contributed by atoms with Gasteiger partial charge in [0.25, 0.3) is 0 Å². The standard InChI is InChI=1S/C13H17FINO/c1-8-4-2-3-5-12(8)17-13-6-9(14)10(15)7-11(13)16/h6-8,12H,2-5,16H2,1H3. The van der Waals surface area contributed by atoms with Crippen LogP contribution < -0.4 is 10.5 Å². The molecule has 2 nitrogen and oxygen atoms in total.